The molecule has 1 N–H and O–H groups in total. The van der Waals surface area contributed by atoms with E-state index in [1.165, 1.54) is 0 Å². The average Bonchev–Trinajstić information content (AvgIpc) is 2.60. The Labute approximate surface area is 101 Å². The number of nitrogens with one attached hydrogen (secondary N) is 1. The van der Waals surface area contributed by atoms with Crippen LogP contribution in [0.2, 0.25) is 0 Å². The molecule has 0 amide bonds. The molecule has 0 fully saturated rings. The van der Waals surface area contributed by atoms with Gasteiger partial charge in [0.25, 0.3) is 10.0 Å². The molecule has 1 aromatic rings. The first-order valence-electron chi connectivity index (χ1n) is 4.17. The molecule has 0 aromatic carbocycles. The molecule has 0 saturated heterocycles. The lowest BCUT2D eigenvalue weighted by molar-refractivity contribution is 0.581. The summed E-state index contributed by atoms with van der Waals surface area (Å²) in [5.41, 5.74) is 0. The third kappa shape index (κ3) is 3.57. The van der Waals surface area contributed by atoms with Crippen molar-refractivity contribution in [2.75, 3.05) is 6.54 Å². The van der Waals surface area contributed by atoms with E-state index in [9.17, 15) is 8.42 Å². The summed E-state index contributed by atoms with van der Waals surface area (Å²) in [5.74, 6) is 0. The van der Waals surface area contributed by atoms with E-state index in [4.69, 9.17) is 5.26 Å². The maximum atomic E-state index is 11.7. The average molecular weight is 309 g/mol. The van der Waals surface area contributed by atoms with Gasteiger partial charge in [-0.1, -0.05) is 0 Å². The Bertz CT molecular complexity index is 461. The lowest BCUT2D eigenvalue weighted by Crippen LogP contribution is -2.24. The normalized spacial score (nSPS) is 11.2. The summed E-state index contributed by atoms with van der Waals surface area (Å²) in [6.07, 6.45) is 0.882. The first kappa shape index (κ1) is 12.6. The highest BCUT2D eigenvalue weighted by atomic mass is 79.9. The largest absolute Gasteiger partial charge is 0.251 e. The first-order chi connectivity index (χ1) is 7.08. The van der Waals surface area contributed by atoms with E-state index >= 15 is 0 Å². The quantitative estimate of drug-likeness (QED) is 0.847. The zero-order chi connectivity index (χ0) is 11.3. The van der Waals surface area contributed by atoms with Gasteiger partial charge < -0.3 is 0 Å². The molecule has 0 bridgehead atoms. The van der Waals surface area contributed by atoms with Gasteiger partial charge >= 0.3 is 0 Å². The minimum Gasteiger partial charge on any atom is -0.210 e. The molecule has 15 heavy (non-hydrogen) atoms. The third-order valence-corrected chi connectivity index (χ3v) is 5.72. The predicted molar refractivity (Wildman–Crippen MR) is 62.1 cm³/mol. The van der Waals surface area contributed by atoms with Crippen LogP contribution in [0.4, 0.5) is 0 Å². The van der Waals surface area contributed by atoms with Crippen molar-refractivity contribution >= 4 is 37.3 Å². The zero-order valence-electron chi connectivity index (χ0n) is 7.73. The van der Waals surface area contributed by atoms with Crippen LogP contribution < -0.4 is 4.72 Å². The van der Waals surface area contributed by atoms with E-state index in [0.29, 0.717) is 23.9 Å². The molecule has 0 aliphatic rings. The lowest BCUT2D eigenvalue weighted by atomic mass is 10.3. The van der Waals surface area contributed by atoms with Gasteiger partial charge in [0.05, 0.1) is 6.07 Å². The summed E-state index contributed by atoms with van der Waals surface area (Å²) in [7, 11) is -3.42. The lowest BCUT2D eigenvalue weighted by Gasteiger charge is -2.03. The summed E-state index contributed by atoms with van der Waals surface area (Å²) in [5, 5.41) is 9.99. The molecule has 0 atom stereocenters. The van der Waals surface area contributed by atoms with Gasteiger partial charge in [-0.3, -0.25) is 0 Å². The molecular formula is C8H9BrN2O2S2. The van der Waals surface area contributed by atoms with Crippen molar-refractivity contribution < 1.29 is 8.42 Å². The Balaban J connectivity index is 2.62. The SMILES string of the molecule is N#CCCCNS(=O)(=O)c1sccc1Br. The van der Waals surface area contributed by atoms with E-state index in [1.807, 2.05) is 6.07 Å². The van der Waals surface area contributed by atoms with E-state index in [1.54, 1.807) is 11.4 Å². The number of sulfonamides is 1. The number of nitrogens with zero attached hydrogens (tertiary/aromatic N) is 1. The maximum absolute atomic E-state index is 11.7. The molecule has 1 rings (SSSR count). The summed E-state index contributed by atoms with van der Waals surface area (Å²) in [6, 6.07) is 3.65. The smallest absolute Gasteiger partial charge is 0.210 e. The highest BCUT2D eigenvalue weighted by molar-refractivity contribution is 9.10. The highest BCUT2D eigenvalue weighted by Gasteiger charge is 2.17. The van der Waals surface area contributed by atoms with Gasteiger partial charge in [0.2, 0.25) is 0 Å². The Morgan fingerprint density at radius 3 is 2.87 bits per heavy atom. The van der Waals surface area contributed by atoms with Crippen molar-refractivity contribution in [2.24, 2.45) is 0 Å². The Morgan fingerprint density at radius 2 is 2.33 bits per heavy atom. The topological polar surface area (TPSA) is 70.0 Å². The summed E-state index contributed by atoms with van der Waals surface area (Å²) >= 11 is 4.32. The molecule has 4 nitrogen and oxygen atoms in total. The van der Waals surface area contributed by atoms with Gasteiger partial charge in [-0.15, -0.1) is 11.3 Å². The highest BCUT2D eigenvalue weighted by Crippen LogP contribution is 2.27. The van der Waals surface area contributed by atoms with Crippen LogP contribution in [-0.2, 0) is 10.0 Å². The number of halogens is 1. The number of rotatable bonds is 5. The van der Waals surface area contributed by atoms with Gasteiger partial charge in [0.15, 0.2) is 0 Å². The van der Waals surface area contributed by atoms with Crippen molar-refractivity contribution in [2.45, 2.75) is 17.1 Å². The number of nitriles is 1. The van der Waals surface area contributed by atoms with Crippen molar-refractivity contribution in [3.63, 3.8) is 0 Å². The number of unbranched alkanes of at least 4 members (excludes halogenated alkanes) is 1. The second kappa shape index (κ2) is 5.61. The molecule has 0 aliphatic carbocycles. The van der Waals surface area contributed by atoms with Crippen molar-refractivity contribution in [3.05, 3.63) is 15.9 Å². The molecule has 0 saturated carbocycles. The molecule has 82 valence electrons. The van der Waals surface area contributed by atoms with Crippen LogP contribution in [0.5, 0.6) is 0 Å². The van der Waals surface area contributed by atoms with Crippen molar-refractivity contribution in [1.29, 1.82) is 5.26 Å². The van der Waals surface area contributed by atoms with Crippen LogP contribution >= 0.6 is 27.3 Å². The summed E-state index contributed by atoms with van der Waals surface area (Å²) in [6.45, 7) is 0.292. The molecule has 0 aliphatic heterocycles. The standard InChI is InChI=1S/C8H9BrN2O2S2/c9-7-3-6-14-8(7)15(12,13)11-5-2-1-4-10/h3,6,11H,1-2,5H2. The fourth-order valence-electron chi connectivity index (χ4n) is 0.911. The molecule has 7 heteroatoms. The van der Waals surface area contributed by atoms with Gasteiger partial charge in [-0.05, 0) is 33.8 Å². The van der Waals surface area contributed by atoms with Crippen LogP contribution in [-0.4, -0.2) is 15.0 Å². The second-order valence-corrected chi connectivity index (χ2v) is 6.45. The molecule has 0 unspecified atom stereocenters. The number of hydrogen-bond acceptors (Lipinski definition) is 4. The summed E-state index contributed by atoms with van der Waals surface area (Å²) < 4.78 is 26.6. The minimum absolute atomic E-state index is 0.277. The van der Waals surface area contributed by atoms with Crippen molar-refractivity contribution in [1.82, 2.24) is 4.72 Å². The third-order valence-electron chi connectivity index (χ3n) is 1.59. The Kier molecular flexibility index (Phi) is 4.73. The fourth-order valence-corrected chi connectivity index (χ4v) is 4.37. The van der Waals surface area contributed by atoms with E-state index in [0.717, 1.165) is 11.3 Å². The van der Waals surface area contributed by atoms with Gasteiger partial charge in [0, 0.05) is 17.4 Å². The Morgan fingerprint density at radius 1 is 1.60 bits per heavy atom. The van der Waals surface area contributed by atoms with E-state index < -0.39 is 10.0 Å². The second-order valence-electron chi connectivity index (χ2n) is 2.72. The number of hydrogen-bond donors (Lipinski definition) is 1. The van der Waals surface area contributed by atoms with E-state index in [2.05, 4.69) is 20.7 Å². The maximum Gasteiger partial charge on any atom is 0.251 e. The first-order valence-corrected chi connectivity index (χ1v) is 7.33. The molecule has 0 radical (unpaired) electrons. The van der Waals surface area contributed by atoms with E-state index in [-0.39, 0.29) is 4.21 Å². The summed E-state index contributed by atoms with van der Waals surface area (Å²) in [4.78, 5) is 0. The van der Waals surface area contributed by atoms with Crippen LogP contribution in [0, 0.1) is 11.3 Å². The Hall–Kier alpha value is -0.420. The monoisotopic (exact) mass is 308 g/mol. The molecule has 1 aromatic heterocycles. The molecular weight excluding hydrogens is 300 g/mol. The predicted octanol–water partition coefficient (Wildman–Crippen LogP) is 2.09. The van der Waals surface area contributed by atoms with Crippen LogP contribution in [0.15, 0.2) is 20.1 Å². The van der Waals surface area contributed by atoms with Crippen LogP contribution in [0.3, 0.4) is 0 Å². The molecule has 1 heterocycles. The zero-order valence-corrected chi connectivity index (χ0v) is 11.0. The number of thiophene rings is 1. The van der Waals surface area contributed by atoms with Gasteiger partial charge in [-0.2, -0.15) is 5.26 Å². The molecule has 0 spiro atoms. The van der Waals surface area contributed by atoms with Gasteiger partial charge in [-0.25, -0.2) is 13.1 Å². The van der Waals surface area contributed by atoms with Crippen LogP contribution in [0.25, 0.3) is 0 Å². The minimum atomic E-state index is -3.42. The fraction of sp³-hybridized carbons (Fsp3) is 0.375. The van der Waals surface area contributed by atoms with Crippen molar-refractivity contribution in [3.8, 4) is 6.07 Å². The van der Waals surface area contributed by atoms with Crippen LogP contribution in [0.1, 0.15) is 12.8 Å². The van der Waals surface area contributed by atoms with Gasteiger partial charge in [0.1, 0.15) is 4.21 Å².